The molecule has 6 heteroatoms. The van der Waals surface area contributed by atoms with Crippen molar-refractivity contribution in [3.8, 4) is 0 Å². The van der Waals surface area contributed by atoms with Gasteiger partial charge in [0.25, 0.3) is 0 Å². The minimum Gasteiger partial charge on any atom is -0.304 e. The molecule has 0 unspecified atom stereocenters. The molecule has 3 nitrogen and oxygen atoms in total. The topological polar surface area (TPSA) is 29.9 Å². The molecular weight excluding hydrogens is 255 g/mol. The molecule has 0 fully saturated rings. The fourth-order valence-electron chi connectivity index (χ4n) is 1.70. The van der Waals surface area contributed by atoms with Crippen LogP contribution < -0.4 is 5.32 Å². The number of nitrogens with one attached hydrogen (secondary N) is 1. The zero-order valence-electron chi connectivity index (χ0n) is 10.2. The molecular formula is C13H14F3N3. The molecule has 1 aromatic carbocycles. The average Bonchev–Trinajstić information content (AvgIpc) is 2.76. The van der Waals surface area contributed by atoms with Crippen molar-refractivity contribution in [2.75, 3.05) is 6.54 Å². The van der Waals surface area contributed by atoms with E-state index in [0.717, 1.165) is 11.1 Å². The number of hydrogen-bond donors (Lipinski definition) is 1. The van der Waals surface area contributed by atoms with Gasteiger partial charge in [-0.1, -0.05) is 30.3 Å². The number of hydrogen-bond acceptors (Lipinski definition) is 2. The Hall–Kier alpha value is -1.82. The Morgan fingerprint density at radius 2 is 1.84 bits per heavy atom. The van der Waals surface area contributed by atoms with Crippen molar-refractivity contribution < 1.29 is 13.2 Å². The van der Waals surface area contributed by atoms with Crippen LogP contribution in [0.5, 0.6) is 0 Å². The fourth-order valence-corrected chi connectivity index (χ4v) is 1.70. The molecule has 0 aliphatic rings. The summed E-state index contributed by atoms with van der Waals surface area (Å²) in [5.41, 5.74) is 1.83. The van der Waals surface area contributed by atoms with Crippen LogP contribution in [0, 0.1) is 0 Å². The molecule has 0 amide bonds. The second-order valence-corrected chi connectivity index (χ2v) is 4.25. The molecule has 0 radical (unpaired) electrons. The summed E-state index contributed by atoms with van der Waals surface area (Å²) in [5, 5.41) is 6.46. The van der Waals surface area contributed by atoms with Gasteiger partial charge in [-0.3, -0.25) is 4.68 Å². The highest BCUT2D eigenvalue weighted by Crippen LogP contribution is 2.12. The maximum atomic E-state index is 12.0. The van der Waals surface area contributed by atoms with Crippen LogP contribution in [0.15, 0.2) is 42.7 Å². The Kier molecular flexibility index (Phi) is 4.21. The van der Waals surface area contributed by atoms with Crippen LogP contribution in [-0.4, -0.2) is 22.5 Å². The molecule has 19 heavy (non-hydrogen) atoms. The Morgan fingerprint density at radius 3 is 2.53 bits per heavy atom. The smallest absolute Gasteiger partial charge is 0.304 e. The summed E-state index contributed by atoms with van der Waals surface area (Å²) >= 11 is 0. The predicted molar refractivity (Wildman–Crippen MR) is 65.5 cm³/mol. The Bertz CT molecular complexity index is 505. The standard InChI is InChI=1S/C13H14F3N3/c14-13(15,16)10-17-6-12-7-18-19(9-12)8-11-4-2-1-3-5-11/h1-5,7,9,17H,6,8,10H2. The van der Waals surface area contributed by atoms with E-state index in [1.807, 2.05) is 30.3 Å². The van der Waals surface area contributed by atoms with Crippen LogP contribution in [0.4, 0.5) is 13.2 Å². The Balaban J connectivity index is 1.86. The number of alkyl halides is 3. The van der Waals surface area contributed by atoms with Crippen molar-refractivity contribution in [1.29, 1.82) is 0 Å². The van der Waals surface area contributed by atoms with E-state index < -0.39 is 12.7 Å². The minimum absolute atomic E-state index is 0.161. The molecule has 0 atom stereocenters. The lowest BCUT2D eigenvalue weighted by Crippen LogP contribution is -2.28. The summed E-state index contributed by atoms with van der Waals surface area (Å²) in [6, 6.07) is 9.75. The second kappa shape index (κ2) is 5.88. The first-order valence-corrected chi connectivity index (χ1v) is 5.86. The van der Waals surface area contributed by atoms with Crippen LogP contribution in [0.25, 0.3) is 0 Å². The third-order valence-corrected chi connectivity index (χ3v) is 2.53. The SMILES string of the molecule is FC(F)(F)CNCc1cnn(Cc2ccccc2)c1. The zero-order chi connectivity index (χ0) is 13.7. The summed E-state index contributed by atoms with van der Waals surface area (Å²) in [4.78, 5) is 0. The molecule has 0 spiro atoms. The van der Waals surface area contributed by atoms with Crippen molar-refractivity contribution in [3.63, 3.8) is 0 Å². The van der Waals surface area contributed by atoms with Gasteiger partial charge >= 0.3 is 6.18 Å². The number of rotatable bonds is 5. The number of aromatic nitrogens is 2. The average molecular weight is 269 g/mol. The summed E-state index contributed by atoms with van der Waals surface area (Å²) < 4.78 is 37.6. The molecule has 102 valence electrons. The van der Waals surface area contributed by atoms with Gasteiger partial charge in [-0.15, -0.1) is 0 Å². The lowest BCUT2D eigenvalue weighted by Gasteiger charge is -2.06. The molecule has 2 rings (SSSR count). The van der Waals surface area contributed by atoms with Crippen molar-refractivity contribution in [1.82, 2.24) is 15.1 Å². The zero-order valence-corrected chi connectivity index (χ0v) is 10.2. The molecule has 0 saturated carbocycles. The van der Waals surface area contributed by atoms with E-state index in [2.05, 4.69) is 10.4 Å². The molecule has 2 aromatic rings. The normalized spacial score (nSPS) is 11.7. The highest BCUT2D eigenvalue weighted by Gasteiger charge is 2.26. The van der Waals surface area contributed by atoms with Crippen molar-refractivity contribution >= 4 is 0 Å². The fraction of sp³-hybridized carbons (Fsp3) is 0.308. The van der Waals surface area contributed by atoms with Crippen LogP contribution in [-0.2, 0) is 13.1 Å². The Labute approximate surface area is 109 Å². The number of nitrogens with zero attached hydrogens (tertiary/aromatic N) is 2. The van der Waals surface area contributed by atoms with E-state index >= 15 is 0 Å². The molecule has 0 bridgehead atoms. The van der Waals surface area contributed by atoms with E-state index in [1.165, 1.54) is 0 Å². The second-order valence-electron chi connectivity index (χ2n) is 4.25. The van der Waals surface area contributed by atoms with Gasteiger partial charge in [0, 0.05) is 18.3 Å². The summed E-state index contributed by atoms with van der Waals surface area (Å²) in [6.07, 6.45) is -0.858. The van der Waals surface area contributed by atoms with E-state index in [4.69, 9.17) is 0 Å². The van der Waals surface area contributed by atoms with Gasteiger partial charge in [0.1, 0.15) is 0 Å². The summed E-state index contributed by atoms with van der Waals surface area (Å²) in [6.45, 7) is -0.217. The molecule has 0 aliphatic carbocycles. The highest BCUT2D eigenvalue weighted by atomic mass is 19.4. The van der Waals surface area contributed by atoms with Crippen LogP contribution in [0.1, 0.15) is 11.1 Å². The maximum absolute atomic E-state index is 12.0. The Morgan fingerprint density at radius 1 is 1.11 bits per heavy atom. The first kappa shape index (κ1) is 13.6. The quantitative estimate of drug-likeness (QED) is 0.904. The van der Waals surface area contributed by atoms with Gasteiger partial charge in [0.2, 0.25) is 0 Å². The van der Waals surface area contributed by atoms with Gasteiger partial charge in [-0.25, -0.2) is 0 Å². The first-order valence-electron chi connectivity index (χ1n) is 5.86. The van der Waals surface area contributed by atoms with Crippen LogP contribution >= 0.6 is 0 Å². The lowest BCUT2D eigenvalue weighted by atomic mass is 10.2. The maximum Gasteiger partial charge on any atom is 0.401 e. The van der Waals surface area contributed by atoms with Crippen molar-refractivity contribution in [3.05, 3.63) is 53.9 Å². The highest BCUT2D eigenvalue weighted by molar-refractivity contribution is 5.15. The van der Waals surface area contributed by atoms with Crippen molar-refractivity contribution in [2.24, 2.45) is 0 Å². The summed E-state index contributed by atoms with van der Waals surface area (Å²) in [7, 11) is 0. The minimum atomic E-state index is -4.18. The third kappa shape index (κ3) is 4.75. The van der Waals surface area contributed by atoms with Crippen LogP contribution in [0.2, 0.25) is 0 Å². The number of halogens is 3. The van der Waals surface area contributed by atoms with Crippen LogP contribution in [0.3, 0.4) is 0 Å². The first-order chi connectivity index (χ1) is 9.03. The van der Waals surface area contributed by atoms with Gasteiger partial charge in [-0.05, 0) is 5.56 Å². The van der Waals surface area contributed by atoms with E-state index in [9.17, 15) is 13.2 Å². The molecule has 1 heterocycles. The van der Waals surface area contributed by atoms with E-state index in [-0.39, 0.29) is 6.54 Å². The van der Waals surface area contributed by atoms with Gasteiger partial charge < -0.3 is 5.32 Å². The van der Waals surface area contributed by atoms with E-state index in [0.29, 0.717) is 6.54 Å². The molecule has 1 aromatic heterocycles. The van der Waals surface area contributed by atoms with E-state index in [1.54, 1.807) is 17.1 Å². The van der Waals surface area contributed by atoms with Crippen molar-refractivity contribution in [2.45, 2.75) is 19.3 Å². The third-order valence-electron chi connectivity index (χ3n) is 2.53. The van der Waals surface area contributed by atoms with Gasteiger partial charge in [0.15, 0.2) is 0 Å². The molecule has 1 N–H and O–H groups in total. The largest absolute Gasteiger partial charge is 0.401 e. The predicted octanol–water partition coefficient (Wildman–Crippen LogP) is 2.58. The number of benzene rings is 1. The molecule has 0 saturated heterocycles. The van der Waals surface area contributed by atoms with Gasteiger partial charge in [0.05, 0.1) is 19.3 Å². The summed E-state index contributed by atoms with van der Waals surface area (Å²) in [5.74, 6) is 0. The molecule has 0 aliphatic heterocycles. The lowest BCUT2D eigenvalue weighted by molar-refractivity contribution is -0.125. The van der Waals surface area contributed by atoms with Gasteiger partial charge in [-0.2, -0.15) is 18.3 Å². The monoisotopic (exact) mass is 269 g/mol.